The highest BCUT2D eigenvalue weighted by atomic mass is 27.1. The van der Waals surface area contributed by atoms with Crippen molar-refractivity contribution in [2.75, 3.05) is 13.2 Å². The Morgan fingerprint density at radius 2 is 2.06 bits per heavy atom. The molecule has 2 atom stereocenters. The number of hydrogen-bond donors (Lipinski definition) is 0. The molecule has 16 heavy (non-hydrogen) atoms. The van der Waals surface area contributed by atoms with E-state index in [1.54, 1.807) is 0 Å². The zero-order valence-corrected chi connectivity index (χ0v) is 12.1. The van der Waals surface area contributed by atoms with E-state index in [4.69, 9.17) is 9.47 Å². The van der Waals surface area contributed by atoms with E-state index >= 15 is 0 Å². The van der Waals surface area contributed by atoms with Crippen LogP contribution in [-0.2, 0) is 9.47 Å². The topological polar surface area (TPSA) is 18.5 Å². The molecule has 0 spiro atoms. The van der Waals surface area contributed by atoms with Gasteiger partial charge in [-0.05, 0) is 51.9 Å². The summed E-state index contributed by atoms with van der Waals surface area (Å²) in [6, 6.07) is 0. The molecule has 0 saturated carbocycles. The van der Waals surface area contributed by atoms with Crippen LogP contribution in [0, 0.1) is 0 Å². The van der Waals surface area contributed by atoms with Gasteiger partial charge in [0.1, 0.15) is 0 Å². The van der Waals surface area contributed by atoms with Crippen LogP contribution in [0.5, 0.6) is 0 Å². The van der Waals surface area contributed by atoms with E-state index in [-0.39, 0.29) is 15.2 Å². The fourth-order valence-corrected chi connectivity index (χ4v) is 5.12. The number of rotatable bonds is 4. The molecule has 92 valence electrons. The molecule has 3 heteroatoms. The Kier molecular flexibility index (Phi) is 5.16. The second kappa shape index (κ2) is 6.40. The minimum atomic E-state index is -0.0781. The molecule has 0 radical (unpaired) electrons. The van der Waals surface area contributed by atoms with Gasteiger partial charge in [0.15, 0.2) is 0 Å². The highest BCUT2D eigenvalue weighted by Crippen LogP contribution is 2.25. The summed E-state index contributed by atoms with van der Waals surface area (Å²) in [6.45, 7) is 4.35. The van der Waals surface area contributed by atoms with Crippen molar-refractivity contribution in [3.05, 3.63) is 0 Å². The first-order chi connectivity index (χ1) is 7.79. The minimum absolute atomic E-state index is 0.0781. The van der Waals surface area contributed by atoms with Crippen molar-refractivity contribution in [3.63, 3.8) is 0 Å². The standard InChI is InChI=1S/C7H13O.C6H11O.Al.H/c1-2-7-5-3-4-6-8-7;1-6-4-2-3-5-7-6;;/h7H,1-6H2;2-5H2,1H3;;. The third-order valence-corrected chi connectivity index (χ3v) is 6.43. The third kappa shape index (κ3) is 4.04. The van der Waals surface area contributed by atoms with Crippen LogP contribution in [0.15, 0.2) is 0 Å². The molecular weight excluding hydrogens is 215 g/mol. The lowest BCUT2D eigenvalue weighted by atomic mass is 10.1. The normalized spacial score (nSPS) is 35.9. The molecular formula is C13H25AlO2. The Morgan fingerprint density at radius 1 is 1.19 bits per heavy atom. The Morgan fingerprint density at radius 3 is 2.75 bits per heavy atom. The maximum absolute atomic E-state index is 5.98. The first-order valence-corrected chi connectivity index (χ1v) is 8.75. The van der Waals surface area contributed by atoms with Crippen molar-refractivity contribution in [1.82, 2.24) is 0 Å². The zero-order chi connectivity index (χ0) is 11.3. The lowest BCUT2D eigenvalue weighted by molar-refractivity contribution is -0.00886. The molecule has 0 aliphatic carbocycles. The van der Waals surface area contributed by atoms with Gasteiger partial charge in [-0.25, -0.2) is 0 Å². The maximum atomic E-state index is 5.98. The monoisotopic (exact) mass is 240 g/mol. The summed E-state index contributed by atoms with van der Waals surface area (Å²) in [4.78, 5) is 0. The van der Waals surface area contributed by atoms with Crippen molar-refractivity contribution >= 4 is 15.2 Å². The van der Waals surface area contributed by atoms with Gasteiger partial charge in [-0.1, -0.05) is 5.28 Å². The maximum Gasteiger partial charge on any atom is 0.287 e. The predicted molar refractivity (Wildman–Crippen MR) is 68.4 cm³/mol. The van der Waals surface area contributed by atoms with Crippen molar-refractivity contribution < 1.29 is 9.47 Å². The Hall–Kier alpha value is 0.452. The van der Waals surface area contributed by atoms with E-state index in [1.807, 2.05) is 0 Å². The molecule has 0 bridgehead atoms. The number of ether oxygens (including phenoxy) is 2. The van der Waals surface area contributed by atoms with Gasteiger partial charge in [0.25, 0.3) is 15.2 Å². The summed E-state index contributed by atoms with van der Waals surface area (Å²) in [7, 11) is 0. The minimum Gasteiger partial charge on any atom is -0.391 e. The van der Waals surface area contributed by atoms with Gasteiger partial charge >= 0.3 is 0 Å². The van der Waals surface area contributed by atoms with Crippen LogP contribution >= 0.6 is 0 Å². The Labute approximate surface area is 106 Å². The van der Waals surface area contributed by atoms with E-state index in [9.17, 15) is 0 Å². The highest BCUT2D eigenvalue weighted by Gasteiger charge is 2.29. The van der Waals surface area contributed by atoms with Gasteiger partial charge in [0.2, 0.25) is 0 Å². The zero-order valence-electron chi connectivity index (χ0n) is 10.7. The molecule has 0 aromatic carbocycles. The highest BCUT2D eigenvalue weighted by molar-refractivity contribution is 6.39. The molecule has 2 heterocycles. The van der Waals surface area contributed by atoms with Crippen molar-refractivity contribution in [2.24, 2.45) is 0 Å². The summed E-state index contributed by atoms with van der Waals surface area (Å²) >= 11 is -0.0781. The van der Waals surface area contributed by atoms with Crippen LogP contribution < -0.4 is 0 Å². The molecule has 2 rings (SSSR count). The summed E-state index contributed by atoms with van der Waals surface area (Å²) in [5, 5.41) is 1.40. The molecule has 0 aromatic heterocycles. The smallest absolute Gasteiger partial charge is 0.287 e. The summed E-state index contributed by atoms with van der Waals surface area (Å²) in [5.74, 6) is 0. The first kappa shape index (κ1) is 12.9. The van der Waals surface area contributed by atoms with Crippen LogP contribution in [0.1, 0.15) is 51.9 Å². The summed E-state index contributed by atoms with van der Waals surface area (Å²) in [6.07, 6.45) is 9.78. The predicted octanol–water partition coefficient (Wildman–Crippen LogP) is 2.72. The first-order valence-electron chi connectivity index (χ1n) is 7.04. The lowest BCUT2D eigenvalue weighted by Crippen LogP contribution is -2.39. The van der Waals surface area contributed by atoms with Gasteiger partial charge in [-0.15, -0.1) is 0 Å². The van der Waals surface area contributed by atoms with Gasteiger partial charge in [-0.2, -0.15) is 0 Å². The summed E-state index contributed by atoms with van der Waals surface area (Å²) in [5.41, 5.74) is 0. The molecule has 2 nitrogen and oxygen atoms in total. The van der Waals surface area contributed by atoms with E-state index in [0.29, 0.717) is 10.6 Å². The molecule has 2 aliphatic rings. The molecule has 0 amide bonds. The lowest BCUT2D eigenvalue weighted by Gasteiger charge is -2.34. The molecule has 2 saturated heterocycles. The van der Waals surface area contributed by atoms with Gasteiger partial charge in [0.05, 0.1) is 6.10 Å². The molecule has 0 N–H and O–H groups in total. The SMILES string of the molecule is C[C]1([AlH][CH2]CC2CCCCO2)CCCCO1. The van der Waals surface area contributed by atoms with Crippen molar-refractivity contribution in [2.45, 2.75) is 67.7 Å². The Bertz CT molecular complexity index is 196. The van der Waals surface area contributed by atoms with Crippen LogP contribution in [0.3, 0.4) is 0 Å². The Balaban J connectivity index is 1.62. The van der Waals surface area contributed by atoms with Gasteiger partial charge in [0, 0.05) is 17.7 Å². The summed E-state index contributed by atoms with van der Waals surface area (Å²) < 4.78 is 12.1. The van der Waals surface area contributed by atoms with Gasteiger partial charge < -0.3 is 9.47 Å². The van der Waals surface area contributed by atoms with E-state index < -0.39 is 0 Å². The second-order valence-corrected chi connectivity index (χ2v) is 8.34. The molecule has 0 aromatic rings. The molecule has 2 fully saturated rings. The van der Waals surface area contributed by atoms with Crippen LogP contribution in [-0.4, -0.2) is 39.0 Å². The molecule has 2 aliphatic heterocycles. The largest absolute Gasteiger partial charge is 0.391 e. The van der Waals surface area contributed by atoms with E-state index in [1.165, 1.54) is 50.2 Å². The van der Waals surface area contributed by atoms with Gasteiger partial charge in [-0.3, -0.25) is 0 Å². The fraction of sp³-hybridized carbons (Fsp3) is 1.00. The third-order valence-electron chi connectivity index (χ3n) is 4.06. The average molecular weight is 240 g/mol. The average Bonchev–Trinajstić information content (AvgIpc) is 2.31. The van der Waals surface area contributed by atoms with E-state index in [2.05, 4.69) is 6.92 Å². The molecule has 2 unspecified atom stereocenters. The van der Waals surface area contributed by atoms with E-state index in [0.717, 1.165) is 13.2 Å². The quantitative estimate of drug-likeness (QED) is 0.703. The van der Waals surface area contributed by atoms with Crippen molar-refractivity contribution in [1.29, 1.82) is 0 Å². The van der Waals surface area contributed by atoms with Crippen LogP contribution in [0.25, 0.3) is 0 Å². The van der Waals surface area contributed by atoms with Crippen molar-refractivity contribution in [3.8, 4) is 0 Å². The number of hydrogen-bond acceptors (Lipinski definition) is 2. The van der Waals surface area contributed by atoms with Crippen LogP contribution in [0.4, 0.5) is 0 Å². The fourth-order valence-electron chi connectivity index (χ4n) is 2.93. The van der Waals surface area contributed by atoms with Crippen LogP contribution in [0.2, 0.25) is 5.28 Å². The second-order valence-electron chi connectivity index (χ2n) is 5.64.